The van der Waals surface area contributed by atoms with Crippen molar-refractivity contribution in [3.8, 4) is 11.5 Å². The van der Waals surface area contributed by atoms with Gasteiger partial charge in [-0.1, -0.05) is 6.07 Å². The lowest BCUT2D eigenvalue weighted by molar-refractivity contribution is -0.116. The molecule has 0 aliphatic heterocycles. The maximum Gasteiger partial charge on any atom is 0.243 e. The number of nitrogens with zero attached hydrogens (tertiary/aromatic N) is 1. The number of ether oxygens (including phenoxy) is 2. The molecule has 1 N–H and O–H groups in total. The van der Waals surface area contributed by atoms with E-state index in [4.69, 9.17) is 9.47 Å². The second-order valence-corrected chi connectivity index (χ2v) is 4.90. The predicted octanol–water partition coefficient (Wildman–Crippen LogP) is 1.78. The van der Waals surface area contributed by atoms with Crippen LogP contribution in [0.25, 0.3) is 6.08 Å². The Labute approximate surface area is 126 Å². The maximum atomic E-state index is 11.7. The van der Waals surface area contributed by atoms with E-state index < -0.39 is 0 Å². The summed E-state index contributed by atoms with van der Waals surface area (Å²) >= 11 is 0. The predicted molar refractivity (Wildman–Crippen MR) is 84.8 cm³/mol. The van der Waals surface area contributed by atoms with Gasteiger partial charge in [0.15, 0.2) is 11.5 Å². The van der Waals surface area contributed by atoms with Crippen LogP contribution in [0.4, 0.5) is 0 Å². The first-order valence-corrected chi connectivity index (χ1v) is 6.89. The fraction of sp³-hybridized carbons (Fsp3) is 0.438. The zero-order valence-electron chi connectivity index (χ0n) is 13.2. The lowest BCUT2D eigenvalue weighted by Gasteiger charge is -2.09. The molecule has 1 aromatic rings. The van der Waals surface area contributed by atoms with Gasteiger partial charge >= 0.3 is 0 Å². The summed E-state index contributed by atoms with van der Waals surface area (Å²) in [4.78, 5) is 13.8. The quantitative estimate of drug-likeness (QED) is 0.586. The van der Waals surface area contributed by atoms with Crippen LogP contribution < -0.4 is 14.8 Å². The van der Waals surface area contributed by atoms with E-state index in [1.54, 1.807) is 20.3 Å². The molecule has 21 heavy (non-hydrogen) atoms. The molecule has 0 saturated carbocycles. The summed E-state index contributed by atoms with van der Waals surface area (Å²) in [7, 11) is 7.20. The van der Waals surface area contributed by atoms with Crippen LogP contribution in [0.15, 0.2) is 24.3 Å². The van der Waals surface area contributed by atoms with Crippen LogP contribution in [0.5, 0.6) is 11.5 Å². The average molecular weight is 292 g/mol. The Kier molecular flexibility index (Phi) is 7.32. The summed E-state index contributed by atoms with van der Waals surface area (Å²) in [6.45, 7) is 1.63. The van der Waals surface area contributed by atoms with Gasteiger partial charge in [-0.25, -0.2) is 0 Å². The van der Waals surface area contributed by atoms with Crippen LogP contribution >= 0.6 is 0 Å². The van der Waals surface area contributed by atoms with Gasteiger partial charge in [0.05, 0.1) is 14.2 Å². The van der Waals surface area contributed by atoms with Crippen molar-refractivity contribution < 1.29 is 14.3 Å². The average Bonchev–Trinajstić information content (AvgIpc) is 2.48. The number of carbonyl (C=O) groups excluding carboxylic acids is 1. The van der Waals surface area contributed by atoms with Crippen molar-refractivity contribution in [2.75, 3.05) is 41.4 Å². The van der Waals surface area contributed by atoms with E-state index in [0.29, 0.717) is 18.0 Å². The molecule has 0 aliphatic rings. The number of rotatable bonds is 8. The number of amides is 1. The third-order valence-electron chi connectivity index (χ3n) is 2.92. The Bertz CT molecular complexity index is 484. The molecular formula is C16H24N2O3. The summed E-state index contributed by atoms with van der Waals surface area (Å²) in [5.41, 5.74) is 0.885. The highest BCUT2D eigenvalue weighted by Gasteiger charge is 2.03. The van der Waals surface area contributed by atoms with Gasteiger partial charge in [-0.2, -0.15) is 0 Å². The Morgan fingerprint density at radius 1 is 1.24 bits per heavy atom. The third-order valence-corrected chi connectivity index (χ3v) is 2.92. The van der Waals surface area contributed by atoms with Crippen molar-refractivity contribution >= 4 is 12.0 Å². The van der Waals surface area contributed by atoms with Gasteiger partial charge in [0.1, 0.15) is 0 Å². The first kappa shape index (κ1) is 17.0. The first-order chi connectivity index (χ1) is 10.1. The molecule has 5 nitrogen and oxygen atoms in total. The zero-order valence-corrected chi connectivity index (χ0v) is 13.2. The summed E-state index contributed by atoms with van der Waals surface area (Å²) in [6.07, 6.45) is 4.21. The van der Waals surface area contributed by atoms with Gasteiger partial charge in [-0.3, -0.25) is 4.79 Å². The molecular weight excluding hydrogens is 268 g/mol. The lowest BCUT2D eigenvalue weighted by Crippen LogP contribution is -2.25. The van der Waals surface area contributed by atoms with Crippen LogP contribution in [0.2, 0.25) is 0 Å². The highest BCUT2D eigenvalue weighted by molar-refractivity contribution is 5.91. The SMILES string of the molecule is COc1ccc(/C=C/C(=O)NCCCN(C)C)cc1OC. The molecule has 0 radical (unpaired) electrons. The number of methoxy groups -OCH3 is 2. The van der Waals surface area contributed by atoms with E-state index in [-0.39, 0.29) is 5.91 Å². The maximum absolute atomic E-state index is 11.7. The molecule has 0 unspecified atom stereocenters. The first-order valence-electron chi connectivity index (χ1n) is 6.89. The largest absolute Gasteiger partial charge is 0.493 e. The van der Waals surface area contributed by atoms with Crippen molar-refractivity contribution in [1.29, 1.82) is 0 Å². The van der Waals surface area contributed by atoms with Gasteiger partial charge in [0.2, 0.25) is 5.91 Å². The number of hydrogen-bond acceptors (Lipinski definition) is 4. The number of carbonyl (C=O) groups is 1. The normalized spacial score (nSPS) is 10.9. The second-order valence-electron chi connectivity index (χ2n) is 4.90. The number of hydrogen-bond donors (Lipinski definition) is 1. The topological polar surface area (TPSA) is 50.8 Å². The highest BCUT2D eigenvalue weighted by Crippen LogP contribution is 2.27. The number of nitrogens with one attached hydrogen (secondary N) is 1. The number of benzene rings is 1. The minimum absolute atomic E-state index is 0.0939. The van der Waals surface area contributed by atoms with Gasteiger partial charge < -0.3 is 19.7 Å². The van der Waals surface area contributed by atoms with Crippen molar-refractivity contribution in [2.45, 2.75) is 6.42 Å². The molecule has 0 saturated heterocycles. The molecule has 1 amide bonds. The molecule has 0 atom stereocenters. The standard InChI is InChI=1S/C16H24N2O3/c1-18(2)11-5-10-17-16(19)9-7-13-6-8-14(20-3)15(12-13)21-4/h6-9,12H,5,10-11H2,1-4H3,(H,17,19)/b9-7+. The monoisotopic (exact) mass is 292 g/mol. The molecule has 1 aromatic carbocycles. The van der Waals surface area contributed by atoms with Crippen LogP contribution in [-0.4, -0.2) is 52.2 Å². The minimum Gasteiger partial charge on any atom is -0.493 e. The summed E-state index contributed by atoms with van der Waals surface area (Å²) in [6, 6.07) is 5.51. The summed E-state index contributed by atoms with van der Waals surface area (Å²) in [5.74, 6) is 1.22. The second kappa shape index (κ2) is 9.02. The smallest absolute Gasteiger partial charge is 0.243 e. The zero-order chi connectivity index (χ0) is 15.7. The van der Waals surface area contributed by atoms with E-state index in [2.05, 4.69) is 10.2 Å². The van der Waals surface area contributed by atoms with Crippen molar-refractivity contribution in [2.24, 2.45) is 0 Å². The molecule has 5 heteroatoms. The molecule has 0 fully saturated rings. The molecule has 0 spiro atoms. The van der Waals surface area contributed by atoms with Crippen molar-refractivity contribution in [3.63, 3.8) is 0 Å². The van der Waals surface area contributed by atoms with E-state index in [0.717, 1.165) is 18.5 Å². The Morgan fingerprint density at radius 2 is 1.95 bits per heavy atom. The minimum atomic E-state index is -0.0939. The summed E-state index contributed by atoms with van der Waals surface area (Å²) < 4.78 is 10.4. The molecule has 0 heterocycles. The van der Waals surface area contributed by atoms with Gasteiger partial charge in [0, 0.05) is 12.6 Å². The molecule has 1 rings (SSSR count). The van der Waals surface area contributed by atoms with Crippen LogP contribution in [0.1, 0.15) is 12.0 Å². The molecule has 0 aliphatic carbocycles. The van der Waals surface area contributed by atoms with Gasteiger partial charge in [-0.05, 0) is 50.8 Å². The fourth-order valence-corrected chi connectivity index (χ4v) is 1.79. The van der Waals surface area contributed by atoms with Crippen LogP contribution in [0, 0.1) is 0 Å². The van der Waals surface area contributed by atoms with Crippen LogP contribution in [-0.2, 0) is 4.79 Å². The van der Waals surface area contributed by atoms with Crippen molar-refractivity contribution in [3.05, 3.63) is 29.8 Å². The Balaban J connectivity index is 2.50. The highest BCUT2D eigenvalue weighted by atomic mass is 16.5. The van der Waals surface area contributed by atoms with Gasteiger partial charge in [0.25, 0.3) is 0 Å². The van der Waals surface area contributed by atoms with Crippen molar-refractivity contribution in [1.82, 2.24) is 10.2 Å². The van der Waals surface area contributed by atoms with E-state index in [9.17, 15) is 4.79 Å². The Morgan fingerprint density at radius 3 is 2.57 bits per heavy atom. The lowest BCUT2D eigenvalue weighted by atomic mass is 10.2. The molecule has 0 bridgehead atoms. The fourth-order valence-electron chi connectivity index (χ4n) is 1.79. The van der Waals surface area contributed by atoms with E-state index >= 15 is 0 Å². The Hall–Kier alpha value is -2.01. The molecule has 116 valence electrons. The van der Waals surface area contributed by atoms with E-state index in [1.165, 1.54) is 6.08 Å². The van der Waals surface area contributed by atoms with Gasteiger partial charge in [-0.15, -0.1) is 0 Å². The van der Waals surface area contributed by atoms with E-state index in [1.807, 2.05) is 32.3 Å². The molecule has 0 aromatic heterocycles. The third kappa shape index (κ3) is 6.31. The summed E-state index contributed by atoms with van der Waals surface area (Å²) in [5, 5.41) is 2.85. The van der Waals surface area contributed by atoms with Crippen LogP contribution in [0.3, 0.4) is 0 Å².